The van der Waals surface area contributed by atoms with E-state index in [-0.39, 0.29) is 40.8 Å². The van der Waals surface area contributed by atoms with Crippen molar-refractivity contribution in [3.8, 4) is 0 Å². The number of hydrogen-bond donors (Lipinski definition) is 7. The molecular weight excluding hydrogens is 700 g/mol. The first-order valence-corrected chi connectivity index (χ1v) is 20.2. The minimum Gasteiger partial charge on any atom is -0.457 e. The van der Waals surface area contributed by atoms with Gasteiger partial charge in [0, 0.05) is 6.92 Å². The fraction of sp³-hybridized carbons (Fsp3) is 0.878. The van der Waals surface area contributed by atoms with Gasteiger partial charge in [-0.15, -0.1) is 0 Å². The quantitative estimate of drug-likeness (QED) is 0.126. The van der Waals surface area contributed by atoms with Crippen LogP contribution >= 0.6 is 0 Å². The number of hydrogen-bond acceptors (Lipinski definition) is 13. The maximum absolute atomic E-state index is 11.9. The lowest BCUT2D eigenvalue weighted by Gasteiger charge is -2.58. The van der Waals surface area contributed by atoms with Crippen molar-refractivity contribution in [1.29, 1.82) is 0 Å². The summed E-state index contributed by atoms with van der Waals surface area (Å²) < 4.78 is 30.1. The molecule has 54 heavy (non-hydrogen) atoms. The van der Waals surface area contributed by atoms with Gasteiger partial charge in [0.25, 0.3) is 0 Å². The molecule has 0 aromatic heterocycles. The lowest BCUT2D eigenvalue weighted by Crippen LogP contribution is -2.60. The Kier molecular flexibility index (Phi) is 12.8. The molecule has 6 aliphatic rings. The number of carbonyl (C=O) groups is 1. The van der Waals surface area contributed by atoms with Crippen LogP contribution in [0.4, 0.5) is 0 Å². The molecular formula is C41H66O13. The molecule has 0 spiro atoms. The molecule has 2 aliphatic heterocycles. The van der Waals surface area contributed by atoms with Crippen LogP contribution in [0.3, 0.4) is 0 Å². The van der Waals surface area contributed by atoms with Crippen molar-refractivity contribution in [2.45, 2.75) is 180 Å². The van der Waals surface area contributed by atoms with E-state index in [1.807, 2.05) is 13.8 Å². The van der Waals surface area contributed by atoms with Crippen LogP contribution in [0.5, 0.6) is 0 Å². The van der Waals surface area contributed by atoms with Crippen LogP contribution in [0.2, 0.25) is 0 Å². The second-order valence-electron chi connectivity index (χ2n) is 18.1. The van der Waals surface area contributed by atoms with Gasteiger partial charge in [0.1, 0.15) is 36.6 Å². The second-order valence-corrected chi connectivity index (χ2v) is 18.1. The van der Waals surface area contributed by atoms with Crippen molar-refractivity contribution in [3.63, 3.8) is 0 Å². The molecule has 0 radical (unpaired) electrons. The lowest BCUT2D eigenvalue weighted by atomic mass is 9.47. The normalized spacial score (nSPS) is 48.7. The van der Waals surface area contributed by atoms with Crippen molar-refractivity contribution >= 4 is 5.97 Å². The van der Waals surface area contributed by atoms with Crippen molar-refractivity contribution in [2.75, 3.05) is 6.61 Å². The molecule has 20 atom stereocenters. The predicted octanol–water partition coefficient (Wildman–Crippen LogP) is 2.50. The number of rotatable bonds is 10. The van der Waals surface area contributed by atoms with Gasteiger partial charge in [-0.2, -0.15) is 0 Å². The Morgan fingerprint density at radius 1 is 0.944 bits per heavy atom. The number of aliphatic hydroxyl groups is 7. The minimum atomic E-state index is -1.49. The molecule has 0 aromatic rings. The fourth-order valence-electron chi connectivity index (χ4n) is 11.6. The van der Waals surface area contributed by atoms with Gasteiger partial charge in [-0.25, -0.2) is 0 Å². The van der Waals surface area contributed by atoms with Crippen LogP contribution in [0.25, 0.3) is 0 Å². The first-order chi connectivity index (χ1) is 25.4. The Bertz CT molecular complexity index is 1380. The molecule has 2 heterocycles. The summed E-state index contributed by atoms with van der Waals surface area (Å²) >= 11 is 0. The summed E-state index contributed by atoms with van der Waals surface area (Å²) in [6.45, 7) is 13.3. The number of fused-ring (bicyclic) bond motifs is 5. The average Bonchev–Trinajstić information content (AvgIpc) is 3.42. The summed E-state index contributed by atoms with van der Waals surface area (Å²) in [5.74, 6) is 0.202. The summed E-state index contributed by atoms with van der Waals surface area (Å²) in [6.07, 6.45) is -2.71. The third kappa shape index (κ3) is 7.74. The van der Waals surface area contributed by atoms with Gasteiger partial charge in [-0.05, 0) is 113 Å². The van der Waals surface area contributed by atoms with Crippen molar-refractivity contribution in [1.82, 2.24) is 0 Å². The van der Waals surface area contributed by atoms with Gasteiger partial charge in [0.15, 0.2) is 18.7 Å². The third-order valence-corrected chi connectivity index (χ3v) is 14.7. The first kappa shape index (κ1) is 42.1. The fourth-order valence-corrected chi connectivity index (χ4v) is 11.6. The molecule has 13 heteroatoms. The zero-order chi connectivity index (χ0) is 39.4. The highest BCUT2D eigenvalue weighted by molar-refractivity contribution is 5.66. The summed E-state index contributed by atoms with van der Waals surface area (Å²) in [5.41, 5.74) is 2.21. The van der Waals surface area contributed by atoms with Crippen LogP contribution in [-0.2, 0) is 28.5 Å². The van der Waals surface area contributed by atoms with Crippen molar-refractivity contribution in [3.05, 3.63) is 23.3 Å². The van der Waals surface area contributed by atoms with E-state index in [1.165, 1.54) is 12.5 Å². The van der Waals surface area contributed by atoms with E-state index >= 15 is 0 Å². The monoisotopic (exact) mass is 766 g/mol. The van der Waals surface area contributed by atoms with Crippen LogP contribution in [0.1, 0.15) is 99.8 Å². The Balaban J connectivity index is 1.23. The number of allylic oxidation sites excluding steroid dienone is 2. The zero-order valence-corrected chi connectivity index (χ0v) is 33.0. The highest BCUT2D eigenvalue weighted by Gasteiger charge is 2.63. The Labute approximate surface area is 319 Å². The first-order valence-electron chi connectivity index (χ1n) is 20.2. The van der Waals surface area contributed by atoms with Gasteiger partial charge in [-0.3, -0.25) is 4.79 Å². The molecule has 3 saturated carbocycles. The molecule has 20 unspecified atom stereocenters. The smallest absolute Gasteiger partial charge is 0.303 e. The maximum Gasteiger partial charge on any atom is 0.303 e. The predicted molar refractivity (Wildman–Crippen MR) is 195 cm³/mol. The van der Waals surface area contributed by atoms with E-state index in [0.717, 1.165) is 37.7 Å². The highest BCUT2D eigenvalue weighted by atomic mass is 16.7. The maximum atomic E-state index is 11.9. The summed E-state index contributed by atoms with van der Waals surface area (Å²) in [7, 11) is 0. The van der Waals surface area contributed by atoms with E-state index in [4.69, 9.17) is 23.7 Å². The summed E-state index contributed by atoms with van der Waals surface area (Å²) in [4.78, 5) is 11.9. The summed E-state index contributed by atoms with van der Waals surface area (Å²) in [6, 6.07) is 0. The number of carbonyl (C=O) groups excluding carboxylic acids is 1. The molecule has 0 aromatic carbocycles. The molecule has 2 saturated heterocycles. The van der Waals surface area contributed by atoms with Crippen molar-refractivity contribution in [2.24, 2.45) is 40.4 Å². The van der Waals surface area contributed by atoms with E-state index in [0.29, 0.717) is 31.1 Å². The Hall–Kier alpha value is -1.49. The Morgan fingerprint density at radius 3 is 2.31 bits per heavy atom. The topological polar surface area (TPSA) is 205 Å². The summed E-state index contributed by atoms with van der Waals surface area (Å²) in [5, 5.41) is 74.5. The zero-order valence-electron chi connectivity index (χ0n) is 33.0. The van der Waals surface area contributed by atoms with E-state index < -0.39 is 80.1 Å². The second kappa shape index (κ2) is 16.4. The number of esters is 1. The standard InChI is InChI=1S/C41H66O13/c1-19(2)8-11-28(44)20(3)31-29(53-39-36(49)37(51-22(5)43)32(45)21(4)50-39)17-27-25-10-9-23-16-24(12-14-40(23,6)26(25)13-15-41(27,31)7)52-38-35(48)34(47)33(46)30(18-42)54-38/h8-9,20-21,24-39,42,44-49H,10-18H2,1-7H3. The van der Waals surface area contributed by atoms with Gasteiger partial charge < -0.3 is 59.4 Å². The molecule has 4 aliphatic carbocycles. The molecule has 308 valence electrons. The van der Waals surface area contributed by atoms with Crippen molar-refractivity contribution < 1.29 is 64.2 Å². The molecule has 5 fully saturated rings. The average molecular weight is 767 g/mol. The van der Waals surface area contributed by atoms with Crippen LogP contribution in [-0.4, -0.2) is 128 Å². The Morgan fingerprint density at radius 2 is 1.65 bits per heavy atom. The number of ether oxygens (including phenoxy) is 5. The highest BCUT2D eigenvalue weighted by Crippen LogP contribution is 2.68. The van der Waals surface area contributed by atoms with E-state index in [2.05, 4.69) is 32.9 Å². The SMILES string of the molecule is CC(=O)OC1C(O)C(C)OC(OC2CC3C4CC=C5CC(OC6OC(CO)C(O)C(O)C6O)CCC5(C)C4CCC3(C)C2C(C)C(O)CC=C(C)C)C1O. The molecule has 0 amide bonds. The number of aliphatic hydroxyl groups excluding tert-OH is 7. The molecule has 7 N–H and O–H groups in total. The lowest BCUT2D eigenvalue weighted by molar-refractivity contribution is -0.313. The molecule has 0 bridgehead atoms. The molecule has 6 rings (SSSR count). The van der Waals surface area contributed by atoms with Crippen LogP contribution in [0, 0.1) is 40.4 Å². The van der Waals surface area contributed by atoms with E-state index in [9.17, 15) is 40.5 Å². The van der Waals surface area contributed by atoms with E-state index in [1.54, 1.807) is 6.92 Å². The van der Waals surface area contributed by atoms with Crippen LogP contribution in [0.15, 0.2) is 23.3 Å². The third-order valence-electron chi connectivity index (χ3n) is 14.7. The molecule has 13 nitrogen and oxygen atoms in total. The van der Waals surface area contributed by atoms with Gasteiger partial charge in [0.2, 0.25) is 0 Å². The largest absolute Gasteiger partial charge is 0.457 e. The van der Waals surface area contributed by atoms with Gasteiger partial charge in [-0.1, -0.05) is 44.1 Å². The van der Waals surface area contributed by atoms with Gasteiger partial charge >= 0.3 is 5.97 Å². The minimum absolute atomic E-state index is 0.0602. The van der Waals surface area contributed by atoms with Crippen LogP contribution < -0.4 is 0 Å². The van der Waals surface area contributed by atoms with Gasteiger partial charge in [0.05, 0.1) is 31.0 Å².